The van der Waals surface area contributed by atoms with Crippen LogP contribution in [-0.4, -0.2) is 68.7 Å². The number of amides is 3. The van der Waals surface area contributed by atoms with Crippen LogP contribution in [0.5, 0.6) is 17.2 Å². The second-order valence-electron chi connectivity index (χ2n) is 9.81. The number of nitrogens with zero attached hydrogens (tertiary/aromatic N) is 3. The second-order valence-corrected chi connectivity index (χ2v) is 9.81. The van der Waals surface area contributed by atoms with Gasteiger partial charge in [0.15, 0.2) is 11.5 Å². The van der Waals surface area contributed by atoms with Crippen molar-refractivity contribution in [2.75, 3.05) is 51.9 Å². The van der Waals surface area contributed by atoms with Gasteiger partial charge in [0.05, 0.1) is 27.4 Å². The molecule has 214 valence electrons. The molecular weight excluding hydrogens is 494 g/mol. The van der Waals surface area contributed by atoms with Crippen molar-refractivity contribution in [2.45, 2.75) is 65.8 Å². The Morgan fingerprint density at radius 1 is 0.923 bits per heavy atom. The Kier molecular flexibility index (Phi) is 11.8. The number of rotatable bonds is 15. The van der Waals surface area contributed by atoms with E-state index in [4.69, 9.17) is 14.2 Å². The maximum Gasteiger partial charge on any atom is 0.324 e. The summed E-state index contributed by atoms with van der Waals surface area (Å²) in [6, 6.07) is 11.7. The van der Waals surface area contributed by atoms with Crippen LogP contribution in [0.4, 0.5) is 10.5 Å². The summed E-state index contributed by atoms with van der Waals surface area (Å²) in [7, 11) is 3.27. The Morgan fingerprint density at radius 3 is 2.38 bits per heavy atom. The van der Waals surface area contributed by atoms with Gasteiger partial charge in [-0.2, -0.15) is 0 Å². The highest BCUT2D eigenvalue weighted by atomic mass is 16.5. The lowest BCUT2D eigenvalue weighted by Crippen LogP contribution is -2.49. The van der Waals surface area contributed by atoms with Gasteiger partial charge in [-0.25, -0.2) is 4.79 Å². The minimum absolute atomic E-state index is 0.0423. The van der Waals surface area contributed by atoms with Crippen molar-refractivity contribution in [3.63, 3.8) is 0 Å². The molecule has 0 saturated carbocycles. The van der Waals surface area contributed by atoms with Crippen molar-refractivity contribution in [2.24, 2.45) is 0 Å². The number of methoxy groups -OCH3 is 2. The van der Waals surface area contributed by atoms with Gasteiger partial charge in [-0.1, -0.05) is 31.9 Å². The predicted molar refractivity (Wildman–Crippen MR) is 155 cm³/mol. The number of carbonyl (C=O) groups excluding carboxylic acids is 2. The standard InChI is InChI=1S/C31H45N3O5/c1-6-9-10-20-39-29-22-26(15-16-27(29)37-4)34-19-11-18-33(31(34)36)23-25-14-12-24(21-28(25)38-5)13-17-30(35)32(7-2)8-3/h12,14-16,21-22H,6-11,13,17-20,23H2,1-5H3. The Hall–Kier alpha value is -3.42. The number of anilines is 1. The predicted octanol–water partition coefficient (Wildman–Crippen LogP) is 5.91. The summed E-state index contributed by atoms with van der Waals surface area (Å²) < 4.78 is 17.2. The first-order chi connectivity index (χ1) is 18.9. The van der Waals surface area contributed by atoms with Gasteiger partial charge in [-0.05, 0) is 56.9 Å². The highest BCUT2D eigenvalue weighted by Gasteiger charge is 2.28. The number of urea groups is 1. The molecule has 2 aromatic carbocycles. The molecule has 0 aliphatic carbocycles. The summed E-state index contributed by atoms with van der Waals surface area (Å²) in [4.78, 5) is 31.5. The molecule has 0 N–H and O–H groups in total. The Labute approximate surface area is 233 Å². The van der Waals surface area contributed by atoms with Crippen molar-refractivity contribution in [1.82, 2.24) is 9.80 Å². The van der Waals surface area contributed by atoms with E-state index in [-0.39, 0.29) is 11.9 Å². The molecule has 0 spiro atoms. The number of aryl methyl sites for hydroxylation is 1. The summed E-state index contributed by atoms with van der Waals surface area (Å²) in [5.74, 6) is 2.22. The molecule has 1 aliphatic rings. The maximum atomic E-state index is 13.6. The molecule has 8 heteroatoms. The van der Waals surface area contributed by atoms with E-state index < -0.39 is 0 Å². The first kappa shape index (κ1) is 30.1. The first-order valence-electron chi connectivity index (χ1n) is 14.3. The van der Waals surface area contributed by atoms with E-state index in [9.17, 15) is 9.59 Å². The lowest BCUT2D eigenvalue weighted by Gasteiger charge is -2.36. The maximum absolute atomic E-state index is 13.6. The molecule has 0 aromatic heterocycles. The SMILES string of the molecule is CCCCCOc1cc(N2CCCN(Cc3ccc(CCC(=O)N(CC)CC)cc3OC)C2=O)ccc1OC. The van der Waals surface area contributed by atoms with Gasteiger partial charge in [0.2, 0.25) is 5.91 Å². The molecule has 3 amide bonds. The number of carbonyl (C=O) groups is 2. The van der Waals surface area contributed by atoms with Crippen LogP contribution in [0.25, 0.3) is 0 Å². The van der Waals surface area contributed by atoms with Crippen LogP contribution >= 0.6 is 0 Å². The van der Waals surface area contributed by atoms with Gasteiger partial charge in [-0.3, -0.25) is 9.69 Å². The minimum atomic E-state index is -0.0423. The van der Waals surface area contributed by atoms with Crippen LogP contribution in [0.3, 0.4) is 0 Å². The number of benzene rings is 2. The average molecular weight is 540 g/mol. The van der Waals surface area contributed by atoms with Crippen molar-refractivity contribution >= 4 is 17.6 Å². The number of hydrogen-bond donors (Lipinski definition) is 0. The summed E-state index contributed by atoms with van der Waals surface area (Å²) >= 11 is 0. The van der Waals surface area contributed by atoms with Crippen LogP contribution in [0.1, 0.15) is 64.0 Å². The topological polar surface area (TPSA) is 71.5 Å². The van der Waals surface area contributed by atoms with Gasteiger partial charge >= 0.3 is 6.03 Å². The third-order valence-corrected chi connectivity index (χ3v) is 7.23. The van der Waals surface area contributed by atoms with Gasteiger partial charge in [0, 0.05) is 49.9 Å². The fraction of sp³-hybridized carbons (Fsp3) is 0.548. The van der Waals surface area contributed by atoms with E-state index >= 15 is 0 Å². The first-order valence-corrected chi connectivity index (χ1v) is 14.3. The molecule has 1 fully saturated rings. The molecule has 8 nitrogen and oxygen atoms in total. The lowest BCUT2D eigenvalue weighted by molar-refractivity contribution is -0.130. The van der Waals surface area contributed by atoms with E-state index in [2.05, 4.69) is 6.92 Å². The smallest absolute Gasteiger partial charge is 0.324 e. The lowest BCUT2D eigenvalue weighted by atomic mass is 10.0. The fourth-order valence-corrected chi connectivity index (χ4v) is 4.91. The third-order valence-electron chi connectivity index (χ3n) is 7.23. The largest absolute Gasteiger partial charge is 0.496 e. The Bertz CT molecular complexity index is 1090. The highest BCUT2D eigenvalue weighted by Crippen LogP contribution is 2.34. The van der Waals surface area contributed by atoms with Gasteiger partial charge in [0.1, 0.15) is 5.75 Å². The number of hydrogen-bond acceptors (Lipinski definition) is 5. The van der Waals surface area contributed by atoms with Gasteiger partial charge in [0.25, 0.3) is 0 Å². The summed E-state index contributed by atoms with van der Waals surface area (Å²) in [6.45, 7) is 10.0. The zero-order chi connectivity index (χ0) is 28.2. The van der Waals surface area contributed by atoms with Crippen LogP contribution in [-0.2, 0) is 17.8 Å². The molecule has 0 bridgehead atoms. The fourth-order valence-electron chi connectivity index (χ4n) is 4.91. The van der Waals surface area contributed by atoms with E-state index in [0.29, 0.717) is 50.6 Å². The van der Waals surface area contributed by atoms with Crippen LogP contribution in [0, 0.1) is 0 Å². The summed E-state index contributed by atoms with van der Waals surface area (Å²) in [6.07, 6.45) is 5.20. The Morgan fingerprint density at radius 2 is 1.69 bits per heavy atom. The molecule has 39 heavy (non-hydrogen) atoms. The molecule has 2 aromatic rings. The van der Waals surface area contributed by atoms with Crippen molar-refractivity contribution in [1.29, 1.82) is 0 Å². The normalized spacial score (nSPS) is 13.4. The van der Waals surface area contributed by atoms with Crippen LogP contribution in [0.15, 0.2) is 36.4 Å². The zero-order valence-electron chi connectivity index (χ0n) is 24.3. The third kappa shape index (κ3) is 8.04. The van der Waals surface area contributed by atoms with E-state index in [0.717, 1.165) is 61.3 Å². The van der Waals surface area contributed by atoms with Crippen LogP contribution in [0.2, 0.25) is 0 Å². The molecule has 1 saturated heterocycles. The molecule has 0 radical (unpaired) electrons. The Balaban J connectivity index is 1.69. The minimum Gasteiger partial charge on any atom is -0.496 e. The average Bonchev–Trinajstić information content (AvgIpc) is 2.96. The number of unbranched alkanes of at least 4 members (excludes halogenated alkanes) is 2. The molecule has 1 heterocycles. The summed E-state index contributed by atoms with van der Waals surface area (Å²) in [5, 5.41) is 0. The van der Waals surface area contributed by atoms with Crippen LogP contribution < -0.4 is 19.1 Å². The molecule has 0 unspecified atom stereocenters. The van der Waals surface area contributed by atoms with E-state index in [1.165, 1.54) is 0 Å². The zero-order valence-corrected chi connectivity index (χ0v) is 24.3. The van der Waals surface area contributed by atoms with Gasteiger partial charge < -0.3 is 24.0 Å². The van der Waals surface area contributed by atoms with E-state index in [1.54, 1.807) is 14.2 Å². The second kappa shape index (κ2) is 15.2. The quantitative estimate of drug-likeness (QED) is 0.263. The molecule has 3 rings (SSSR count). The molecule has 0 atom stereocenters. The highest BCUT2D eigenvalue weighted by molar-refractivity contribution is 5.93. The number of ether oxygens (including phenoxy) is 3. The van der Waals surface area contributed by atoms with Crippen molar-refractivity contribution < 1.29 is 23.8 Å². The van der Waals surface area contributed by atoms with Crippen molar-refractivity contribution in [3.8, 4) is 17.2 Å². The monoisotopic (exact) mass is 539 g/mol. The van der Waals surface area contributed by atoms with Crippen molar-refractivity contribution in [3.05, 3.63) is 47.5 Å². The summed E-state index contributed by atoms with van der Waals surface area (Å²) in [5.41, 5.74) is 2.80. The molecular formula is C31H45N3O5. The molecule has 1 aliphatic heterocycles. The van der Waals surface area contributed by atoms with Gasteiger partial charge in [-0.15, -0.1) is 0 Å². The van der Waals surface area contributed by atoms with E-state index in [1.807, 2.05) is 64.9 Å².